The number of non-ortho nitro benzene ring substituents is 1. The van der Waals surface area contributed by atoms with Crippen LogP contribution >= 0.6 is 11.8 Å². The Morgan fingerprint density at radius 1 is 1.21 bits per heavy atom. The Labute approximate surface area is 163 Å². The van der Waals surface area contributed by atoms with Gasteiger partial charge in [-0.25, -0.2) is 9.18 Å². The van der Waals surface area contributed by atoms with Crippen LogP contribution in [0.4, 0.5) is 10.1 Å². The number of fused-ring (bicyclic) bond motifs is 1. The van der Waals surface area contributed by atoms with Gasteiger partial charge in [-0.2, -0.15) is 0 Å². The highest BCUT2D eigenvalue weighted by Crippen LogP contribution is 2.46. The molecule has 0 aliphatic carbocycles. The third kappa shape index (κ3) is 3.65. The van der Waals surface area contributed by atoms with Crippen molar-refractivity contribution in [1.29, 1.82) is 0 Å². The maximum atomic E-state index is 13.1. The first-order valence-corrected chi connectivity index (χ1v) is 9.40. The van der Waals surface area contributed by atoms with Gasteiger partial charge in [-0.15, -0.1) is 0 Å². The van der Waals surface area contributed by atoms with Crippen LogP contribution in [0.2, 0.25) is 0 Å². The topological polar surface area (TPSA) is 81.9 Å². The molecule has 4 rings (SSSR count). The molecular weight excluding hydrogens is 387 g/mol. The molecule has 0 saturated carbocycles. The van der Waals surface area contributed by atoms with Crippen molar-refractivity contribution in [3.8, 4) is 5.75 Å². The fourth-order valence-electron chi connectivity index (χ4n) is 2.85. The largest absolute Gasteiger partial charge is 0.456 e. The minimum absolute atomic E-state index is 0.00662. The first-order valence-electron chi connectivity index (χ1n) is 8.53. The van der Waals surface area contributed by atoms with Crippen LogP contribution in [0.25, 0.3) is 0 Å². The van der Waals surface area contributed by atoms with E-state index in [9.17, 15) is 19.3 Å². The zero-order chi connectivity index (χ0) is 19.7. The van der Waals surface area contributed by atoms with Crippen LogP contribution in [0, 0.1) is 15.9 Å². The lowest BCUT2D eigenvalue weighted by atomic mass is 10.2. The van der Waals surface area contributed by atoms with E-state index in [1.807, 2.05) is 4.90 Å². The molecule has 1 fully saturated rings. The number of ether oxygens (including phenoxy) is 2. The van der Waals surface area contributed by atoms with E-state index in [1.165, 1.54) is 48.2 Å². The molecule has 2 aromatic rings. The molecule has 2 aromatic carbocycles. The number of halogens is 1. The van der Waals surface area contributed by atoms with Crippen LogP contribution in [0.1, 0.15) is 12.0 Å². The number of carbonyl (C=O) groups excluding carboxylic acids is 1. The Hall–Kier alpha value is -3.07. The maximum absolute atomic E-state index is 13.1. The monoisotopic (exact) mass is 402 g/mol. The Bertz CT molecular complexity index is 946. The number of benzene rings is 2. The van der Waals surface area contributed by atoms with Gasteiger partial charge in [0.15, 0.2) is 10.8 Å². The van der Waals surface area contributed by atoms with Crippen molar-refractivity contribution in [3.63, 3.8) is 0 Å². The number of thioether (sulfide) groups is 1. The van der Waals surface area contributed by atoms with E-state index in [4.69, 9.17) is 9.47 Å². The van der Waals surface area contributed by atoms with Gasteiger partial charge < -0.3 is 14.4 Å². The van der Waals surface area contributed by atoms with Crippen molar-refractivity contribution in [2.24, 2.45) is 0 Å². The number of carbonyl (C=O) groups is 1. The molecule has 1 saturated heterocycles. The average Bonchev–Trinajstić information content (AvgIpc) is 2.92. The molecule has 1 atom stereocenters. The molecule has 2 heterocycles. The summed E-state index contributed by atoms with van der Waals surface area (Å²) in [5.41, 5.74) is 0.974. The number of nitrogens with zero attached hydrogens (tertiary/aromatic N) is 2. The Morgan fingerprint density at radius 3 is 2.54 bits per heavy atom. The Balaban J connectivity index is 1.46. The number of hydrogen-bond donors (Lipinski definition) is 0. The van der Waals surface area contributed by atoms with Crippen molar-refractivity contribution >= 4 is 23.4 Å². The van der Waals surface area contributed by atoms with Gasteiger partial charge in [-0.1, -0.05) is 11.8 Å². The number of esters is 1. The molecule has 0 spiro atoms. The first kappa shape index (κ1) is 18.3. The number of nitro benzene ring substituents is 1. The summed E-state index contributed by atoms with van der Waals surface area (Å²) in [6, 6.07) is 11.4. The molecule has 0 radical (unpaired) electrons. The van der Waals surface area contributed by atoms with Gasteiger partial charge in [0.25, 0.3) is 5.69 Å². The molecule has 144 valence electrons. The zero-order valence-electron chi connectivity index (χ0n) is 14.5. The number of nitro groups is 1. The van der Waals surface area contributed by atoms with Crippen LogP contribution in [0.5, 0.6) is 5.75 Å². The summed E-state index contributed by atoms with van der Waals surface area (Å²) in [6.07, 6.45) is 0.931. The highest BCUT2D eigenvalue weighted by molar-refractivity contribution is 8.03. The molecule has 28 heavy (non-hydrogen) atoms. The summed E-state index contributed by atoms with van der Waals surface area (Å²) < 4.78 is 24.3. The fraction of sp³-hybridized carbons (Fsp3) is 0.211. The van der Waals surface area contributed by atoms with E-state index >= 15 is 0 Å². The summed E-state index contributed by atoms with van der Waals surface area (Å²) in [5, 5.41) is 11.3. The van der Waals surface area contributed by atoms with Crippen LogP contribution in [-0.4, -0.2) is 27.7 Å². The van der Waals surface area contributed by atoms with Crippen LogP contribution in [-0.2, 0) is 16.1 Å². The predicted molar refractivity (Wildman–Crippen MR) is 99.6 cm³/mol. The van der Waals surface area contributed by atoms with E-state index in [0.29, 0.717) is 22.1 Å². The van der Waals surface area contributed by atoms with Crippen molar-refractivity contribution in [1.82, 2.24) is 4.90 Å². The van der Waals surface area contributed by atoms with Crippen molar-refractivity contribution < 1.29 is 23.6 Å². The van der Waals surface area contributed by atoms with Crippen molar-refractivity contribution in [3.05, 3.63) is 80.8 Å². The zero-order valence-corrected chi connectivity index (χ0v) is 15.4. The van der Waals surface area contributed by atoms with E-state index in [2.05, 4.69) is 0 Å². The number of hydrogen-bond acceptors (Lipinski definition) is 7. The molecule has 0 amide bonds. The van der Waals surface area contributed by atoms with E-state index in [0.717, 1.165) is 13.0 Å². The van der Waals surface area contributed by atoms with Crippen molar-refractivity contribution in [2.75, 3.05) is 6.54 Å². The third-order valence-corrected chi connectivity index (χ3v) is 5.68. The van der Waals surface area contributed by atoms with Gasteiger partial charge in [0, 0.05) is 18.7 Å². The van der Waals surface area contributed by atoms with Gasteiger partial charge >= 0.3 is 5.97 Å². The minimum Gasteiger partial charge on any atom is -0.456 e. The van der Waals surface area contributed by atoms with E-state index < -0.39 is 10.9 Å². The minimum atomic E-state index is -0.523. The molecule has 0 aromatic heterocycles. The SMILES string of the molecule is O=C(OCc1ccc([N+](=O)[O-])cc1)C1=C(Oc2ccc(F)cc2)SC2CCN12. The predicted octanol–water partition coefficient (Wildman–Crippen LogP) is 3.80. The van der Waals surface area contributed by atoms with E-state index in [-0.39, 0.29) is 23.5 Å². The molecule has 7 nitrogen and oxygen atoms in total. The molecule has 0 bridgehead atoms. The smallest absolute Gasteiger partial charge is 0.359 e. The first-order chi connectivity index (χ1) is 13.5. The molecule has 0 N–H and O–H groups in total. The van der Waals surface area contributed by atoms with Crippen LogP contribution in [0.15, 0.2) is 59.3 Å². The second-order valence-corrected chi connectivity index (χ2v) is 7.40. The summed E-state index contributed by atoms with van der Waals surface area (Å²) in [7, 11) is 0. The molecule has 9 heteroatoms. The second kappa shape index (κ2) is 7.51. The highest BCUT2D eigenvalue weighted by atomic mass is 32.2. The second-order valence-electron chi connectivity index (χ2n) is 6.25. The van der Waals surface area contributed by atoms with Crippen molar-refractivity contribution in [2.45, 2.75) is 18.4 Å². The Morgan fingerprint density at radius 2 is 1.93 bits per heavy atom. The molecular formula is C19H15FN2O5S. The van der Waals surface area contributed by atoms with E-state index in [1.54, 1.807) is 12.1 Å². The third-order valence-electron chi connectivity index (χ3n) is 4.42. The maximum Gasteiger partial charge on any atom is 0.359 e. The lowest BCUT2D eigenvalue weighted by Gasteiger charge is -2.36. The number of rotatable bonds is 6. The van der Waals surface area contributed by atoms with Gasteiger partial charge in [0.1, 0.15) is 18.2 Å². The van der Waals surface area contributed by atoms with Gasteiger partial charge in [0.05, 0.1) is 10.3 Å². The lowest BCUT2D eigenvalue weighted by Crippen LogP contribution is -2.43. The van der Waals surface area contributed by atoms with Gasteiger partial charge in [0.2, 0.25) is 0 Å². The normalized spacial score (nSPS) is 17.8. The molecule has 2 aliphatic rings. The molecule has 2 aliphatic heterocycles. The summed E-state index contributed by atoms with van der Waals surface area (Å²) in [4.78, 5) is 24.8. The standard InChI is InChI=1S/C19H15FN2O5S/c20-13-3-7-15(8-4-13)27-19-17(21-10-9-16(21)28-19)18(23)26-11-12-1-5-14(6-2-12)22(24)25/h1-8,16H,9-11H2. The Kier molecular flexibility index (Phi) is 4.91. The fourth-order valence-corrected chi connectivity index (χ4v) is 4.12. The summed E-state index contributed by atoms with van der Waals surface area (Å²) >= 11 is 1.44. The summed E-state index contributed by atoms with van der Waals surface area (Å²) in [5.74, 6) is -0.454. The quantitative estimate of drug-likeness (QED) is 0.413. The van der Waals surface area contributed by atoms with Gasteiger partial charge in [-0.3, -0.25) is 10.1 Å². The molecule has 1 unspecified atom stereocenters. The highest BCUT2D eigenvalue weighted by Gasteiger charge is 2.44. The average molecular weight is 402 g/mol. The van der Waals surface area contributed by atoms with Gasteiger partial charge in [-0.05, 0) is 48.4 Å². The van der Waals surface area contributed by atoms with Crippen LogP contribution < -0.4 is 4.74 Å². The lowest BCUT2D eigenvalue weighted by molar-refractivity contribution is -0.384. The summed E-state index contributed by atoms with van der Waals surface area (Å²) in [6.45, 7) is 0.725. The van der Waals surface area contributed by atoms with Crippen LogP contribution in [0.3, 0.4) is 0 Å².